The van der Waals surface area contributed by atoms with Gasteiger partial charge in [0.1, 0.15) is 0 Å². The molecule has 1 aliphatic rings. The van der Waals surface area contributed by atoms with Crippen LogP contribution in [0, 0.1) is 5.92 Å². The van der Waals surface area contributed by atoms with E-state index in [1.807, 2.05) is 11.3 Å². The monoisotopic (exact) mass is 195 g/mol. The van der Waals surface area contributed by atoms with Crippen molar-refractivity contribution in [1.29, 1.82) is 0 Å². The minimum Gasteiger partial charge on any atom is -0.249 e. The summed E-state index contributed by atoms with van der Waals surface area (Å²) in [5.41, 5.74) is 0. The lowest BCUT2D eigenvalue weighted by molar-refractivity contribution is 0.545. The summed E-state index contributed by atoms with van der Waals surface area (Å²) in [6.07, 6.45) is 10.2. The van der Waals surface area contributed by atoms with Crippen LogP contribution in [-0.4, -0.2) is 4.98 Å². The van der Waals surface area contributed by atoms with Crippen LogP contribution < -0.4 is 0 Å². The van der Waals surface area contributed by atoms with Crippen molar-refractivity contribution in [3.63, 3.8) is 0 Å². The number of thiazole rings is 1. The number of aryl methyl sites for hydroxylation is 1. The molecule has 0 spiro atoms. The van der Waals surface area contributed by atoms with E-state index in [1.165, 1.54) is 42.0 Å². The molecule has 0 saturated heterocycles. The minimum absolute atomic E-state index is 0.941. The molecular formula is C11H17NS. The molecule has 0 atom stereocenters. The van der Waals surface area contributed by atoms with Crippen molar-refractivity contribution < 1.29 is 0 Å². The van der Waals surface area contributed by atoms with Crippen LogP contribution in [0.4, 0.5) is 0 Å². The Kier molecular flexibility index (Phi) is 2.99. The molecule has 2 heteroatoms. The topological polar surface area (TPSA) is 12.9 Å². The molecule has 1 saturated carbocycles. The van der Waals surface area contributed by atoms with Crippen LogP contribution in [0.5, 0.6) is 0 Å². The Hall–Kier alpha value is -0.370. The van der Waals surface area contributed by atoms with Crippen molar-refractivity contribution in [2.75, 3.05) is 0 Å². The van der Waals surface area contributed by atoms with Crippen LogP contribution in [0.1, 0.15) is 42.5 Å². The van der Waals surface area contributed by atoms with Gasteiger partial charge in [-0.05, 0) is 12.3 Å². The molecule has 1 aromatic rings. The molecule has 0 aromatic carbocycles. The van der Waals surface area contributed by atoms with Crippen LogP contribution in [0.2, 0.25) is 0 Å². The van der Waals surface area contributed by atoms with Gasteiger partial charge in [-0.3, -0.25) is 0 Å². The zero-order chi connectivity index (χ0) is 9.10. The first-order chi connectivity index (χ1) is 6.38. The third-order valence-corrected chi connectivity index (χ3v) is 4.05. The molecule has 1 fully saturated rings. The Bertz CT molecular complexity index is 261. The average molecular weight is 195 g/mol. The standard InChI is InChI=1S/C11H17NS/c1-2-10-8-12-11(13-10)7-9-5-3-4-6-9/h8-9H,2-7H2,1H3. The third kappa shape index (κ3) is 2.31. The fourth-order valence-corrected chi connectivity index (χ4v) is 3.04. The number of hydrogen-bond donors (Lipinski definition) is 0. The maximum atomic E-state index is 4.47. The maximum absolute atomic E-state index is 4.47. The molecule has 1 nitrogen and oxygen atoms in total. The lowest BCUT2D eigenvalue weighted by atomic mass is 10.1. The van der Waals surface area contributed by atoms with E-state index in [9.17, 15) is 0 Å². The van der Waals surface area contributed by atoms with Gasteiger partial charge in [0.25, 0.3) is 0 Å². The van der Waals surface area contributed by atoms with Gasteiger partial charge in [-0.2, -0.15) is 0 Å². The van der Waals surface area contributed by atoms with E-state index in [2.05, 4.69) is 18.1 Å². The smallest absolute Gasteiger partial charge is 0.0930 e. The second-order valence-corrected chi connectivity index (χ2v) is 5.13. The molecule has 72 valence electrons. The van der Waals surface area contributed by atoms with E-state index >= 15 is 0 Å². The second-order valence-electron chi connectivity index (χ2n) is 3.93. The lowest BCUT2D eigenvalue weighted by Crippen LogP contribution is -1.97. The van der Waals surface area contributed by atoms with Crippen LogP contribution in [0.15, 0.2) is 6.20 Å². The van der Waals surface area contributed by atoms with Crippen LogP contribution >= 0.6 is 11.3 Å². The molecule has 0 N–H and O–H groups in total. The quantitative estimate of drug-likeness (QED) is 0.720. The van der Waals surface area contributed by atoms with E-state index in [0.29, 0.717) is 0 Å². The summed E-state index contributed by atoms with van der Waals surface area (Å²) in [7, 11) is 0. The third-order valence-electron chi connectivity index (χ3n) is 2.89. The summed E-state index contributed by atoms with van der Waals surface area (Å²) in [4.78, 5) is 5.91. The van der Waals surface area contributed by atoms with Gasteiger partial charge in [0.05, 0.1) is 5.01 Å². The van der Waals surface area contributed by atoms with Gasteiger partial charge in [-0.15, -0.1) is 11.3 Å². The first-order valence-electron chi connectivity index (χ1n) is 5.32. The van der Waals surface area contributed by atoms with Crippen molar-refractivity contribution in [2.45, 2.75) is 45.4 Å². The zero-order valence-electron chi connectivity index (χ0n) is 8.25. The van der Waals surface area contributed by atoms with E-state index in [-0.39, 0.29) is 0 Å². The Labute approximate surface area is 84.2 Å². The highest BCUT2D eigenvalue weighted by molar-refractivity contribution is 7.11. The van der Waals surface area contributed by atoms with Crippen molar-refractivity contribution in [3.05, 3.63) is 16.1 Å². The molecule has 0 unspecified atom stereocenters. The van der Waals surface area contributed by atoms with Crippen LogP contribution in [0.3, 0.4) is 0 Å². The average Bonchev–Trinajstić information content (AvgIpc) is 2.76. The molecule has 1 aliphatic carbocycles. The van der Waals surface area contributed by atoms with Crippen molar-refractivity contribution in [2.24, 2.45) is 5.92 Å². The summed E-state index contributed by atoms with van der Waals surface area (Å²) in [5.74, 6) is 0.941. The van der Waals surface area contributed by atoms with Crippen molar-refractivity contribution >= 4 is 11.3 Å². The highest BCUT2D eigenvalue weighted by Gasteiger charge is 2.16. The summed E-state index contributed by atoms with van der Waals surface area (Å²) in [6, 6.07) is 0. The van der Waals surface area contributed by atoms with Crippen LogP contribution in [0.25, 0.3) is 0 Å². The lowest BCUT2D eigenvalue weighted by Gasteiger charge is -2.04. The maximum Gasteiger partial charge on any atom is 0.0930 e. The Morgan fingerprint density at radius 2 is 2.23 bits per heavy atom. The summed E-state index contributed by atoms with van der Waals surface area (Å²) in [5, 5.41) is 1.36. The molecule has 2 rings (SSSR count). The molecule has 0 bridgehead atoms. The van der Waals surface area contributed by atoms with E-state index in [0.717, 1.165) is 12.3 Å². The number of nitrogens with zero attached hydrogens (tertiary/aromatic N) is 1. The van der Waals surface area contributed by atoms with E-state index in [1.54, 1.807) is 0 Å². The normalized spacial score (nSPS) is 18.2. The fourth-order valence-electron chi connectivity index (χ4n) is 2.07. The molecule has 0 aliphatic heterocycles. The molecule has 1 aromatic heterocycles. The first-order valence-corrected chi connectivity index (χ1v) is 6.13. The van der Waals surface area contributed by atoms with Gasteiger partial charge in [0.2, 0.25) is 0 Å². The predicted octanol–water partition coefficient (Wildman–Crippen LogP) is 3.44. The molecule has 1 heterocycles. The van der Waals surface area contributed by atoms with Gasteiger partial charge in [0.15, 0.2) is 0 Å². The SMILES string of the molecule is CCc1cnc(CC2CCCC2)s1. The Balaban J connectivity index is 1.92. The van der Waals surface area contributed by atoms with Crippen LogP contribution in [-0.2, 0) is 12.8 Å². The highest BCUT2D eigenvalue weighted by Crippen LogP contribution is 2.29. The highest BCUT2D eigenvalue weighted by atomic mass is 32.1. The van der Waals surface area contributed by atoms with Crippen molar-refractivity contribution in [1.82, 2.24) is 4.98 Å². The molecule has 0 radical (unpaired) electrons. The summed E-state index contributed by atoms with van der Waals surface area (Å²) in [6.45, 7) is 2.20. The van der Waals surface area contributed by atoms with Gasteiger partial charge < -0.3 is 0 Å². The summed E-state index contributed by atoms with van der Waals surface area (Å²) >= 11 is 1.91. The minimum atomic E-state index is 0.941. The van der Waals surface area contributed by atoms with Gasteiger partial charge in [-0.25, -0.2) is 4.98 Å². The zero-order valence-corrected chi connectivity index (χ0v) is 9.07. The number of aromatic nitrogens is 1. The number of rotatable bonds is 3. The largest absolute Gasteiger partial charge is 0.249 e. The Morgan fingerprint density at radius 1 is 1.46 bits per heavy atom. The Morgan fingerprint density at radius 3 is 2.85 bits per heavy atom. The van der Waals surface area contributed by atoms with Gasteiger partial charge in [0, 0.05) is 17.5 Å². The predicted molar refractivity (Wildman–Crippen MR) is 57.2 cm³/mol. The molecule has 13 heavy (non-hydrogen) atoms. The summed E-state index contributed by atoms with van der Waals surface area (Å²) < 4.78 is 0. The molecule has 0 amide bonds. The van der Waals surface area contributed by atoms with Gasteiger partial charge >= 0.3 is 0 Å². The van der Waals surface area contributed by atoms with Crippen molar-refractivity contribution in [3.8, 4) is 0 Å². The van der Waals surface area contributed by atoms with Gasteiger partial charge in [-0.1, -0.05) is 32.6 Å². The second kappa shape index (κ2) is 4.23. The van der Waals surface area contributed by atoms with E-state index in [4.69, 9.17) is 0 Å². The molecular weight excluding hydrogens is 178 g/mol. The number of hydrogen-bond acceptors (Lipinski definition) is 2. The van der Waals surface area contributed by atoms with E-state index < -0.39 is 0 Å². The fraction of sp³-hybridized carbons (Fsp3) is 0.727. The first kappa shape index (κ1) is 9.20.